The maximum atomic E-state index is 12.4. The molecule has 1 N–H and O–H groups in total. The van der Waals surface area contributed by atoms with Gasteiger partial charge in [-0.1, -0.05) is 40.2 Å². The predicted octanol–water partition coefficient (Wildman–Crippen LogP) is 2.70. The zero-order chi connectivity index (χ0) is 17.9. The van der Waals surface area contributed by atoms with Crippen LogP contribution in [0.4, 0.5) is 0 Å². The van der Waals surface area contributed by atoms with Crippen LogP contribution in [0.25, 0.3) is 0 Å². The Hall–Kier alpha value is -1.70. The number of fused-ring (bicyclic) bond motifs is 1. The van der Waals surface area contributed by atoms with Crippen LogP contribution in [-0.4, -0.2) is 32.3 Å². The highest BCUT2D eigenvalue weighted by molar-refractivity contribution is 9.10. The van der Waals surface area contributed by atoms with Gasteiger partial charge < -0.3 is 4.90 Å². The van der Waals surface area contributed by atoms with Gasteiger partial charge in [-0.3, -0.25) is 4.79 Å². The second kappa shape index (κ2) is 7.68. The molecule has 0 spiro atoms. The Morgan fingerprint density at radius 2 is 1.76 bits per heavy atom. The van der Waals surface area contributed by atoms with Gasteiger partial charge in [0.15, 0.2) is 0 Å². The van der Waals surface area contributed by atoms with Crippen molar-refractivity contribution in [1.82, 2.24) is 9.62 Å². The summed E-state index contributed by atoms with van der Waals surface area (Å²) in [5.41, 5.74) is 2.44. The Morgan fingerprint density at radius 1 is 1.08 bits per heavy atom. The summed E-state index contributed by atoms with van der Waals surface area (Å²) < 4.78 is 27.7. The van der Waals surface area contributed by atoms with E-state index in [1.165, 1.54) is 17.7 Å². The summed E-state index contributed by atoms with van der Waals surface area (Å²) in [4.78, 5) is 14.3. The molecule has 0 unspecified atom stereocenters. The van der Waals surface area contributed by atoms with E-state index in [1.54, 1.807) is 17.0 Å². The summed E-state index contributed by atoms with van der Waals surface area (Å²) >= 11 is 3.27. The van der Waals surface area contributed by atoms with Crippen molar-refractivity contribution in [3.8, 4) is 0 Å². The Kier molecular flexibility index (Phi) is 5.56. The minimum Gasteiger partial charge on any atom is -0.338 e. The van der Waals surface area contributed by atoms with Gasteiger partial charge in [-0.2, -0.15) is 0 Å². The van der Waals surface area contributed by atoms with Gasteiger partial charge in [-0.05, 0) is 41.8 Å². The number of benzene rings is 2. The van der Waals surface area contributed by atoms with Crippen molar-refractivity contribution in [2.45, 2.75) is 24.3 Å². The topological polar surface area (TPSA) is 66.5 Å². The molecule has 0 aromatic heterocycles. The number of hydrogen-bond acceptors (Lipinski definition) is 3. The molecule has 0 saturated heterocycles. The largest absolute Gasteiger partial charge is 0.338 e. The van der Waals surface area contributed by atoms with Crippen molar-refractivity contribution in [2.24, 2.45) is 0 Å². The molecule has 2 aromatic rings. The van der Waals surface area contributed by atoms with Gasteiger partial charge in [0.1, 0.15) is 0 Å². The molecule has 1 aliphatic heterocycles. The Balaban J connectivity index is 1.54. The number of nitrogens with zero attached hydrogens (tertiary/aromatic N) is 1. The molecule has 5 nitrogen and oxygen atoms in total. The first-order chi connectivity index (χ1) is 12.0. The molecule has 7 heteroatoms. The molecule has 3 rings (SSSR count). The Bertz CT molecular complexity index is 866. The van der Waals surface area contributed by atoms with E-state index in [4.69, 9.17) is 0 Å². The molecule has 1 aliphatic rings. The van der Waals surface area contributed by atoms with Gasteiger partial charge in [-0.25, -0.2) is 13.1 Å². The van der Waals surface area contributed by atoms with Gasteiger partial charge in [0, 0.05) is 30.5 Å². The Labute approximate surface area is 156 Å². The summed E-state index contributed by atoms with van der Waals surface area (Å²) in [7, 11) is -3.59. The molecule has 0 fully saturated rings. The van der Waals surface area contributed by atoms with Crippen molar-refractivity contribution in [3.05, 3.63) is 64.1 Å². The molecule has 0 saturated carbocycles. The number of carbonyl (C=O) groups excluding carboxylic acids is 1. The van der Waals surface area contributed by atoms with E-state index in [0.29, 0.717) is 13.1 Å². The van der Waals surface area contributed by atoms with Crippen LogP contribution in [0.5, 0.6) is 0 Å². The van der Waals surface area contributed by atoms with Crippen LogP contribution in [0.3, 0.4) is 0 Å². The standard InChI is InChI=1S/C18H19BrN2O3S/c19-16-5-7-17(8-6-16)25(23,24)20-11-9-18(22)21-12-10-14-3-1-2-4-15(14)13-21/h1-8,20H,9-13H2. The van der Waals surface area contributed by atoms with Crippen LogP contribution < -0.4 is 4.72 Å². The van der Waals surface area contributed by atoms with Gasteiger partial charge in [0.05, 0.1) is 4.90 Å². The zero-order valence-corrected chi connectivity index (χ0v) is 16.0. The lowest BCUT2D eigenvalue weighted by atomic mass is 10.00. The first-order valence-corrected chi connectivity index (χ1v) is 10.3. The molecule has 1 amide bonds. The fraction of sp³-hybridized carbons (Fsp3) is 0.278. The lowest BCUT2D eigenvalue weighted by Crippen LogP contribution is -2.38. The average molecular weight is 423 g/mol. The van der Waals surface area contributed by atoms with E-state index in [1.807, 2.05) is 18.2 Å². The van der Waals surface area contributed by atoms with Crippen LogP contribution in [0.15, 0.2) is 57.9 Å². The Morgan fingerprint density at radius 3 is 2.48 bits per heavy atom. The first-order valence-electron chi connectivity index (χ1n) is 8.05. The highest BCUT2D eigenvalue weighted by atomic mass is 79.9. The van der Waals surface area contributed by atoms with E-state index in [-0.39, 0.29) is 23.8 Å². The van der Waals surface area contributed by atoms with Crippen molar-refractivity contribution >= 4 is 31.9 Å². The minimum absolute atomic E-state index is 0.0343. The number of hydrogen-bond donors (Lipinski definition) is 1. The molecule has 0 radical (unpaired) electrons. The number of carbonyl (C=O) groups is 1. The van der Waals surface area contributed by atoms with Gasteiger partial charge in [0.2, 0.25) is 15.9 Å². The molecule has 0 atom stereocenters. The normalized spacial score (nSPS) is 14.2. The quantitative estimate of drug-likeness (QED) is 0.805. The molecular weight excluding hydrogens is 404 g/mol. The average Bonchev–Trinajstić information content (AvgIpc) is 2.61. The lowest BCUT2D eigenvalue weighted by molar-refractivity contribution is -0.131. The molecule has 2 aromatic carbocycles. The van der Waals surface area contributed by atoms with Crippen LogP contribution in [0, 0.1) is 0 Å². The molecule has 0 aliphatic carbocycles. The summed E-state index contributed by atoms with van der Waals surface area (Å²) in [6.07, 6.45) is 0.991. The summed E-state index contributed by atoms with van der Waals surface area (Å²) in [5, 5.41) is 0. The third kappa shape index (κ3) is 4.48. The highest BCUT2D eigenvalue weighted by Gasteiger charge is 2.21. The maximum Gasteiger partial charge on any atom is 0.240 e. The van der Waals surface area contributed by atoms with Crippen LogP contribution in [0.1, 0.15) is 17.5 Å². The number of halogens is 1. The maximum absolute atomic E-state index is 12.4. The second-order valence-electron chi connectivity index (χ2n) is 5.94. The van der Waals surface area contributed by atoms with E-state index >= 15 is 0 Å². The van der Waals surface area contributed by atoms with Crippen LogP contribution in [0.2, 0.25) is 0 Å². The summed E-state index contributed by atoms with van der Waals surface area (Å²) in [6, 6.07) is 14.5. The third-order valence-electron chi connectivity index (χ3n) is 4.24. The van der Waals surface area contributed by atoms with E-state index in [0.717, 1.165) is 16.5 Å². The smallest absolute Gasteiger partial charge is 0.240 e. The molecule has 0 bridgehead atoms. The number of amides is 1. The summed E-state index contributed by atoms with van der Waals surface area (Å²) in [6.45, 7) is 1.36. The zero-order valence-electron chi connectivity index (χ0n) is 13.6. The predicted molar refractivity (Wildman–Crippen MR) is 99.5 cm³/mol. The molecule has 1 heterocycles. The van der Waals surface area contributed by atoms with Gasteiger partial charge in [-0.15, -0.1) is 0 Å². The second-order valence-corrected chi connectivity index (χ2v) is 8.62. The number of nitrogens with one attached hydrogen (secondary N) is 1. The van der Waals surface area contributed by atoms with Crippen molar-refractivity contribution in [3.63, 3.8) is 0 Å². The fourth-order valence-corrected chi connectivity index (χ4v) is 4.15. The minimum atomic E-state index is -3.59. The monoisotopic (exact) mass is 422 g/mol. The molecular formula is C18H19BrN2O3S. The van der Waals surface area contributed by atoms with E-state index in [2.05, 4.69) is 26.7 Å². The number of rotatable bonds is 5. The molecule has 25 heavy (non-hydrogen) atoms. The summed E-state index contributed by atoms with van der Waals surface area (Å²) in [5.74, 6) is -0.0343. The van der Waals surface area contributed by atoms with Gasteiger partial charge in [0.25, 0.3) is 0 Å². The number of sulfonamides is 1. The SMILES string of the molecule is O=C(CCNS(=O)(=O)c1ccc(Br)cc1)N1CCc2ccccc2C1. The van der Waals surface area contributed by atoms with E-state index in [9.17, 15) is 13.2 Å². The van der Waals surface area contributed by atoms with Crippen molar-refractivity contribution in [2.75, 3.05) is 13.1 Å². The van der Waals surface area contributed by atoms with Crippen molar-refractivity contribution in [1.29, 1.82) is 0 Å². The van der Waals surface area contributed by atoms with Crippen molar-refractivity contribution < 1.29 is 13.2 Å². The van der Waals surface area contributed by atoms with Crippen LogP contribution in [-0.2, 0) is 27.8 Å². The lowest BCUT2D eigenvalue weighted by Gasteiger charge is -2.29. The van der Waals surface area contributed by atoms with Crippen LogP contribution >= 0.6 is 15.9 Å². The highest BCUT2D eigenvalue weighted by Crippen LogP contribution is 2.19. The van der Waals surface area contributed by atoms with E-state index < -0.39 is 10.0 Å². The molecule has 132 valence electrons. The van der Waals surface area contributed by atoms with Gasteiger partial charge >= 0.3 is 0 Å². The third-order valence-corrected chi connectivity index (χ3v) is 6.24. The first kappa shape index (κ1) is 18.1. The fourth-order valence-electron chi connectivity index (χ4n) is 2.86.